The van der Waals surface area contributed by atoms with Gasteiger partial charge in [0.1, 0.15) is 0 Å². The molecule has 1 aromatic heterocycles. The van der Waals surface area contributed by atoms with Crippen LogP contribution in [0.3, 0.4) is 0 Å². The molecule has 0 saturated carbocycles. The van der Waals surface area contributed by atoms with Crippen LogP contribution in [0.1, 0.15) is 0 Å². The Morgan fingerprint density at radius 1 is 0.900 bits per heavy atom. The monoisotopic (exact) mass is 158 g/mol. The van der Waals surface area contributed by atoms with Crippen molar-refractivity contribution in [3.05, 3.63) is 18.7 Å². The first-order valence-corrected chi connectivity index (χ1v) is 1.43. The molecule has 1 rings (SSSR count). The highest BCUT2D eigenvalue weighted by molar-refractivity contribution is 4.64. The molecule has 11 N–H and O–H groups in total. The normalized spacial score (nSPS) is 4.00. The van der Waals surface area contributed by atoms with E-state index in [-0.39, 0.29) is 27.4 Å². The van der Waals surface area contributed by atoms with Gasteiger partial charge in [-0.2, -0.15) is 0 Å². The molecule has 66 valence electrons. The molecule has 10 heavy (non-hydrogen) atoms. The molecule has 0 unspecified atom stereocenters. The molecule has 0 spiro atoms. The van der Waals surface area contributed by atoms with Gasteiger partial charge in [-0.05, 0) is 0 Å². The van der Waals surface area contributed by atoms with Gasteiger partial charge in [-0.1, -0.05) is 0 Å². The molecule has 7 nitrogen and oxygen atoms in total. The van der Waals surface area contributed by atoms with Crippen molar-refractivity contribution in [2.24, 2.45) is 0 Å². The summed E-state index contributed by atoms with van der Waals surface area (Å²) in [6, 6.07) is 0. The molecular formula is C3H14N2O5. The number of aromatic nitrogens is 2. The number of nitrogens with zero attached hydrogens (tertiary/aromatic N) is 1. The maximum atomic E-state index is 3.67. The maximum Gasteiger partial charge on any atom is 0.0919 e. The Kier molecular flexibility index (Phi) is 88.0. The Hall–Kier alpha value is -0.990. The third kappa shape index (κ3) is 15.7. The summed E-state index contributed by atoms with van der Waals surface area (Å²) >= 11 is 0. The molecule has 0 bridgehead atoms. The molecule has 0 saturated heterocycles. The van der Waals surface area contributed by atoms with E-state index < -0.39 is 0 Å². The zero-order valence-corrected chi connectivity index (χ0v) is 5.18. The van der Waals surface area contributed by atoms with Crippen molar-refractivity contribution in [1.82, 2.24) is 9.97 Å². The van der Waals surface area contributed by atoms with E-state index >= 15 is 0 Å². The molecule has 1 heterocycles. The van der Waals surface area contributed by atoms with Gasteiger partial charge >= 0.3 is 0 Å². The largest absolute Gasteiger partial charge is 0.412 e. The molecule has 0 radical (unpaired) electrons. The first kappa shape index (κ1) is 36.0. The second-order valence-corrected chi connectivity index (χ2v) is 0.761. The fourth-order valence-corrected chi connectivity index (χ4v) is 0.215. The minimum atomic E-state index is 0. The lowest BCUT2D eigenvalue weighted by molar-refractivity contribution is 0.823. The predicted octanol–water partition coefficient (Wildman–Crippen LogP) is -3.71. The van der Waals surface area contributed by atoms with Gasteiger partial charge in [0.25, 0.3) is 0 Å². The second-order valence-electron chi connectivity index (χ2n) is 0.761. The van der Waals surface area contributed by atoms with Crippen LogP contribution in [0.4, 0.5) is 0 Å². The zero-order chi connectivity index (χ0) is 3.54. The van der Waals surface area contributed by atoms with E-state index in [1.54, 1.807) is 18.7 Å². The van der Waals surface area contributed by atoms with Crippen LogP contribution in [0, 0.1) is 0 Å². The van der Waals surface area contributed by atoms with Crippen LogP contribution in [-0.4, -0.2) is 37.3 Å². The molecule has 0 aliphatic rings. The van der Waals surface area contributed by atoms with E-state index in [2.05, 4.69) is 9.97 Å². The summed E-state index contributed by atoms with van der Waals surface area (Å²) in [6.07, 6.45) is 5.08. The minimum absolute atomic E-state index is 0. The molecule has 0 aliphatic carbocycles. The molecule has 1 aromatic rings. The minimum Gasteiger partial charge on any atom is -0.412 e. The topological polar surface area (TPSA) is 186 Å². The van der Waals surface area contributed by atoms with E-state index in [0.29, 0.717) is 0 Å². The summed E-state index contributed by atoms with van der Waals surface area (Å²) in [7, 11) is 0. The first-order valence-electron chi connectivity index (χ1n) is 1.43. The van der Waals surface area contributed by atoms with Gasteiger partial charge in [0.15, 0.2) is 0 Å². The highest BCUT2D eigenvalue weighted by Crippen LogP contribution is 1.62. The highest BCUT2D eigenvalue weighted by atomic mass is 16.0. The van der Waals surface area contributed by atoms with Crippen LogP contribution in [0.15, 0.2) is 18.7 Å². The van der Waals surface area contributed by atoms with Gasteiger partial charge in [-0.3, -0.25) is 0 Å². The zero-order valence-electron chi connectivity index (χ0n) is 5.18. The lowest BCUT2D eigenvalue weighted by atomic mass is 11.0. The number of hydrogen-bond acceptors (Lipinski definition) is 1. The summed E-state index contributed by atoms with van der Waals surface area (Å²) in [5.41, 5.74) is 0. The van der Waals surface area contributed by atoms with Gasteiger partial charge in [0, 0.05) is 12.4 Å². The van der Waals surface area contributed by atoms with Crippen molar-refractivity contribution in [2.45, 2.75) is 0 Å². The highest BCUT2D eigenvalue weighted by Gasteiger charge is 1.56. The smallest absolute Gasteiger partial charge is 0.0919 e. The molecule has 0 aliphatic heterocycles. The fourth-order valence-electron chi connectivity index (χ4n) is 0.215. The number of H-pyrrole nitrogens is 1. The number of nitrogens with one attached hydrogen (secondary N) is 1. The van der Waals surface area contributed by atoms with Crippen LogP contribution < -0.4 is 0 Å². The average Bonchev–Trinajstić information content (AvgIpc) is 1.76. The van der Waals surface area contributed by atoms with Crippen LogP contribution in [0.2, 0.25) is 0 Å². The van der Waals surface area contributed by atoms with Gasteiger partial charge in [-0.15, -0.1) is 0 Å². The molecular weight excluding hydrogens is 144 g/mol. The Balaban J connectivity index is -0.0000000167. The molecule has 0 amide bonds. The van der Waals surface area contributed by atoms with E-state index in [9.17, 15) is 0 Å². The van der Waals surface area contributed by atoms with Crippen LogP contribution in [0.5, 0.6) is 0 Å². The molecule has 0 fully saturated rings. The molecule has 7 heteroatoms. The number of hydrogen-bond donors (Lipinski definition) is 1. The van der Waals surface area contributed by atoms with Gasteiger partial charge in [-0.25, -0.2) is 4.98 Å². The maximum absolute atomic E-state index is 3.67. The third-order valence-corrected chi connectivity index (χ3v) is 0.406. The van der Waals surface area contributed by atoms with Gasteiger partial charge in [0.2, 0.25) is 0 Å². The predicted molar refractivity (Wildman–Crippen MR) is 36.7 cm³/mol. The summed E-state index contributed by atoms with van der Waals surface area (Å²) in [6.45, 7) is 0. The standard InChI is InChI=1S/C3H4N2.5H2O/c1-2-5-3-4-1;;;;;/h1-3H,(H,4,5);5*1H2. The van der Waals surface area contributed by atoms with Crippen molar-refractivity contribution in [1.29, 1.82) is 0 Å². The van der Waals surface area contributed by atoms with E-state index in [1.807, 2.05) is 0 Å². The van der Waals surface area contributed by atoms with Gasteiger partial charge in [0.05, 0.1) is 6.33 Å². The van der Waals surface area contributed by atoms with Crippen LogP contribution in [-0.2, 0) is 0 Å². The van der Waals surface area contributed by atoms with Crippen LogP contribution in [0.25, 0.3) is 0 Å². The Labute approximate surface area is 57.3 Å². The van der Waals surface area contributed by atoms with E-state index in [4.69, 9.17) is 0 Å². The van der Waals surface area contributed by atoms with Gasteiger partial charge < -0.3 is 32.4 Å². The summed E-state index contributed by atoms with van der Waals surface area (Å²) in [5, 5.41) is 0. The average molecular weight is 158 g/mol. The lowest BCUT2D eigenvalue weighted by Crippen LogP contribution is -1.44. The quantitative estimate of drug-likeness (QED) is 0.400. The van der Waals surface area contributed by atoms with Crippen molar-refractivity contribution in [3.63, 3.8) is 0 Å². The second kappa shape index (κ2) is 24.5. The lowest BCUT2D eigenvalue weighted by Gasteiger charge is -1.46. The Morgan fingerprint density at radius 2 is 1.40 bits per heavy atom. The summed E-state index contributed by atoms with van der Waals surface area (Å²) in [4.78, 5) is 6.42. The number of aromatic amines is 1. The van der Waals surface area contributed by atoms with Crippen LogP contribution >= 0.6 is 0 Å². The fraction of sp³-hybridized carbons (Fsp3) is 0. The van der Waals surface area contributed by atoms with Crippen molar-refractivity contribution < 1.29 is 27.4 Å². The molecule has 0 aromatic carbocycles. The van der Waals surface area contributed by atoms with Crippen molar-refractivity contribution in [2.75, 3.05) is 0 Å². The van der Waals surface area contributed by atoms with Crippen molar-refractivity contribution >= 4 is 0 Å². The van der Waals surface area contributed by atoms with E-state index in [1.165, 1.54) is 0 Å². The third-order valence-electron chi connectivity index (χ3n) is 0.406. The number of imidazole rings is 1. The Bertz CT molecular complexity index is 71.4. The number of rotatable bonds is 0. The molecule has 0 atom stereocenters. The first-order chi connectivity index (χ1) is 2.50. The van der Waals surface area contributed by atoms with E-state index in [0.717, 1.165) is 0 Å². The SMILES string of the molecule is O.O.O.O.O.c1c[nH]cn1. The summed E-state index contributed by atoms with van der Waals surface area (Å²) < 4.78 is 0. The van der Waals surface area contributed by atoms with Crippen molar-refractivity contribution in [3.8, 4) is 0 Å². The summed E-state index contributed by atoms with van der Waals surface area (Å²) in [5.74, 6) is 0. The Morgan fingerprint density at radius 3 is 1.50 bits per heavy atom.